The number of aromatic nitrogens is 2. The van der Waals surface area contributed by atoms with Gasteiger partial charge in [-0.25, -0.2) is 13.8 Å². The highest BCUT2D eigenvalue weighted by molar-refractivity contribution is 7.98. The van der Waals surface area contributed by atoms with E-state index in [1.807, 2.05) is 30.3 Å². The molecule has 0 unspecified atom stereocenters. The summed E-state index contributed by atoms with van der Waals surface area (Å²) in [6.07, 6.45) is 0. The molecular weight excluding hydrogens is 374 g/mol. The number of carbonyl (C=O) groups is 1. The van der Waals surface area contributed by atoms with Crippen LogP contribution in [-0.2, 0) is 5.75 Å². The summed E-state index contributed by atoms with van der Waals surface area (Å²) in [6, 6.07) is 12.2. The zero-order chi connectivity index (χ0) is 19.4. The molecule has 0 aliphatic carbocycles. The van der Waals surface area contributed by atoms with Crippen molar-refractivity contribution in [1.29, 1.82) is 0 Å². The van der Waals surface area contributed by atoms with Crippen molar-refractivity contribution in [3.8, 4) is 0 Å². The predicted molar refractivity (Wildman–Crippen MR) is 99.6 cm³/mol. The molecule has 138 valence electrons. The molecule has 0 saturated heterocycles. The summed E-state index contributed by atoms with van der Waals surface area (Å²) in [5.41, 5.74) is 5.76. The lowest BCUT2D eigenvalue weighted by Crippen LogP contribution is -2.23. The topological polar surface area (TPSA) is 101 Å². The Balaban J connectivity index is 1.75. The summed E-state index contributed by atoms with van der Waals surface area (Å²) < 4.78 is 26.2. The first-order chi connectivity index (χ1) is 12.9. The first-order valence-corrected chi connectivity index (χ1v) is 8.75. The Hall–Kier alpha value is -3.20. The molecule has 3 rings (SSSR count). The molecule has 0 saturated carbocycles. The molecule has 0 aliphatic heterocycles. The van der Waals surface area contributed by atoms with Gasteiger partial charge in [-0.3, -0.25) is 14.6 Å². The average Bonchev–Trinajstić information content (AvgIpc) is 2.66. The van der Waals surface area contributed by atoms with Crippen LogP contribution in [0.3, 0.4) is 0 Å². The van der Waals surface area contributed by atoms with Crippen LogP contribution in [-0.4, -0.2) is 15.9 Å². The minimum atomic E-state index is -1.17. The Bertz CT molecular complexity index is 1040. The number of aromatic amines is 1. The lowest BCUT2D eigenvalue weighted by atomic mass is 10.2. The largest absolute Gasteiger partial charge is 0.382 e. The molecular formula is C18H14F2N4O2S. The first-order valence-electron chi connectivity index (χ1n) is 7.77. The number of benzene rings is 2. The minimum absolute atomic E-state index is 0.157. The van der Waals surface area contributed by atoms with Crippen molar-refractivity contribution in [1.82, 2.24) is 9.97 Å². The van der Waals surface area contributed by atoms with Gasteiger partial charge in [0.1, 0.15) is 5.69 Å². The van der Waals surface area contributed by atoms with Gasteiger partial charge < -0.3 is 11.1 Å². The molecule has 9 heteroatoms. The molecule has 0 spiro atoms. The third-order valence-corrected chi connectivity index (χ3v) is 4.51. The number of thioether (sulfide) groups is 1. The lowest BCUT2D eigenvalue weighted by Gasteiger charge is -2.09. The number of amides is 1. The van der Waals surface area contributed by atoms with Gasteiger partial charge in [-0.15, -0.1) is 0 Å². The van der Waals surface area contributed by atoms with Crippen LogP contribution in [0.5, 0.6) is 0 Å². The lowest BCUT2D eigenvalue weighted by molar-refractivity contribution is 0.102. The second kappa shape index (κ2) is 8.00. The van der Waals surface area contributed by atoms with E-state index >= 15 is 0 Å². The molecule has 0 fully saturated rings. The van der Waals surface area contributed by atoms with E-state index in [0.29, 0.717) is 10.9 Å². The Morgan fingerprint density at radius 1 is 1.15 bits per heavy atom. The SMILES string of the molecule is Nc1nc(SCc2ccccc2)[nH]c(=O)c1NC(=O)c1ccc(F)c(F)c1. The summed E-state index contributed by atoms with van der Waals surface area (Å²) in [7, 11) is 0. The molecule has 0 bridgehead atoms. The van der Waals surface area contributed by atoms with Crippen LogP contribution in [0.2, 0.25) is 0 Å². The second-order valence-electron chi connectivity index (χ2n) is 5.49. The van der Waals surface area contributed by atoms with Crippen molar-refractivity contribution >= 4 is 29.2 Å². The van der Waals surface area contributed by atoms with Crippen molar-refractivity contribution in [3.63, 3.8) is 0 Å². The van der Waals surface area contributed by atoms with Crippen LogP contribution < -0.4 is 16.6 Å². The first kappa shape index (κ1) is 18.6. The summed E-state index contributed by atoms with van der Waals surface area (Å²) in [4.78, 5) is 31.0. The van der Waals surface area contributed by atoms with Gasteiger partial charge in [0.2, 0.25) is 0 Å². The van der Waals surface area contributed by atoms with Crippen molar-refractivity contribution in [3.05, 3.63) is 81.6 Å². The normalized spacial score (nSPS) is 10.6. The molecule has 4 N–H and O–H groups in total. The van der Waals surface area contributed by atoms with Crippen LogP contribution in [0.4, 0.5) is 20.3 Å². The maximum atomic E-state index is 13.3. The highest BCUT2D eigenvalue weighted by Gasteiger charge is 2.15. The van der Waals surface area contributed by atoms with Gasteiger partial charge in [-0.05, 0) is 23.8 Å². The van der Waals surface area contributed by atoms with E-state index in [1.54, 1.807) is 0 Å². The number of nitrogens with zero attached hydrogens (tertiary/aromatic N) is 1. The van der Waals surface area contributed by atoms with Gasteiger partial charge in [-0.1, -0.05) is 42.1 Å². The van der Waals surface area contributed by atoms with Gasteiger partial charge in [-0.2, -0.15) is 0 Å². The number of hydrogen-bond donors (Lipinski definition) is 3. The van der Waals surface area contributed by atoms with Crippen LogP contribution in [0, 0.1) is 11.6 Å². The van der Waals surface area contributed by atoms with Gasteiger partial charge in [0.25, 0.3) is 11.5 Å². The quantitative estimate of drug-likeness (QED) is 0.460. The Morgan fingerprint density at radius 2 is 1.89 bits per heavy atom. The number of rotatable bonds is 5. The zero-order valence-corrected chi connectivity index (χ0v) is 14.6. The summed E-state index contributed by atoms with van der Waals surface area (Å²) in [6.45, 7) is 0. The highest BCUT2D eigenvalue weighted by atomic mass is 32.2. The molecule has 3 aromatic rings. The van der Waals surface area contributed by atoms with Crippen molar-refractivity contribution in [2.24, 2.45) is 0 Å². The fourth-order valence-electron chi connectivity index (χ4n) is 2.21. The van der Waals surface area contributed by atoms with E-state index < -0.39 is 23.1 Å². The maximum Gasteiger partial charge on any atom is 0.277 e. The number of carbonyl (C=O) groups excluding carboxylic acids is 1. The van der Waals surface area contributed by atoms with E-state index in [2.05, 4.69) is 15.3 Å². The molecule has 1 amide bonds. The van der Waals surface area contributed by atoms with Crippen molar-refractivity contribution in [2.75, 3.05) is 11.1 Å². The Labute approximate surface area is 156 Å². The van der Waals surface area contributed by atoms with Crippen molar-refractivity contribution in [2.45, 2.75) is 10.9 Å². The Morgan fingerprint density at radius 3 is 2.56 bits per heavy atom. The number of nitrogens with two attached hydrogens (primary N) is 1. The molecule has 0 atom stereocenters. The van der Waals surface area contributed by atoms with Crippen LogP contribution in [0.15, 0.2) is 58.5 Å². The standard InChI is InChI=1S/C18H14F2N4O2S/c19-12-7-6-11(8-13(12)20)16(25)22-14-15(21)23-18(24-17(14)26)27-9-10-4-2-1-3-5-10/h1-8H,9H2,(H,22,25)(H3,21,23,24,26). The summed E-state index contributed by atoms with van der Waals surface area (Å²) in [5.74, 6) is -2.66. The van der Waals surface area contributed by atoms with E-state index in [9.17, 15) is 18.4 Å². The molecule has 2 aromatic carbocycles. The monoisotopic (exact) mass is 388 g/mol. The highest BCUT2D eigenvalue weighted by Crippen LogP contribution is 2.21. The second-order valence-corrected chi connectivity index (χ2v) is 6.45. The van der Waals surface area contributed by atoms with Gasteiger partial charge >= 0.3 is 0 Å². The van der Waals surface area contributed by atoms with Gasteiger partial charge in [0.05, 0.1) is 0 Å². The van der Waals surface area contributed by atoms with E-state index in [-0.39, 0.29) is 17.1 Å². The fourth-order valence-corrected chi connectivity index (χ4v) is 3.03. The number of H-pyrrole nitrogens is 1. The van der Waals surface area contributed by atoms with Gasteiger partial charge in [0.15, 0.2) is 22.6 Å². The van der Waals surface area contributed by atoms with Gasteiger partial charge in [0, 0.05) is 11.3 Å². The third kappa shape index (κ3) is 4.50. The molecule has 1 heterocycles. The number of anilines is 2. The fraction of sp³-hybridized carbons (Fsp3) is 0.0556. The molecule has 6 nitrogen and oxygen atoms in total. The van der Waals surface area contributed by atoms with E-state index in [4.69, 9.17) is 5.73 Å². The van der Waals surface area contributed by atoms with Crippen LogP contribution in [0.1, 0.15) is 15.9 Å². The molecule has 0 aliphatic rings. The third-order valence-electron chi connectivity index (χ3n) is 3.56. The number of halogens is 2. The predicted octanol–water partition coefficient (Wildman–Crippen LogP) is 3.17. The Kier molecular flexibility index (Phi) is 5.51. The van der Waals surface area contributed by atoms with E-state index in [1.165, 1.54) is 11.8 Å². The van der Waals surface area contributed by atoms with Crippen LogP contribution in [0.25, 0.3) is 0 Å². The number of hydrogen-bond acceptors (Lipinski definition) is 5. The average molecular weight is 388 g/mol. The molecule has 27 heavy (non-hydrogen) atoms. The molecule has 0 radical (unpaired) electrons. The molecule has 1 aromatic heterocycles. The van der Waals surface area contributed by atoms with E-state index in [0.717, 1.165) is 23.8 Å². The van der Waals surface area contributed by atoms with Crippen molar-refractivity contribution < 1.29 is 13.6 Å². The summed E-state index contributed by atoms with van der Waals surface area (Å²) >= 11 is 1.28. The van der Waals surface area contributed by atoms with Crippen LogP contribution >= 0.6 is 11.8 Å². The smallest absolute Gasteiger partial charge is 0.277 e. The maximum absolute atomic E-state index is 13.3. The number of nitrogen functional groups attached to an aromatic ring is 1. The minimum Gasteiger partial charge on any atom is -0.382 e. The number of nitrogens with one attached hydrogen (secondary N) is 2. The zero-order valence-electron chi connectivity index (χ0n) is 13.8. The summed E-state index contributed by atoms with van der Waals surface area (Å²) in [5, 5.41) is 2.57.